The van der Waals surface area contributed by atoms with Crippen molar-refractivity contribution in [2.24, 2.45) is 5.73 Å². The molecule has 1 amide bonds. The zero-order chi connectivity index (χ0) is 12.7. The van der Waals surface area contributed by atoms with Crippen LogP contribution in [0.5, 0.6) is 0 Å². The third-order valence-corrected chi connectivity index (χ3v) is 2.83. The summed E-state index contributed by atoms with van der Waals surface area (Å²) in [5, 5.41) is 2.80. The van der Waals surface area contributed by atoms with E-state index < -0.39 is 0 Å². The van der Waals surface area contributed by atoms with E-state index in [4.69, 9.17) is 5.73 Å². The van der Waals surface area contributed by atoms with Crippen LogP contribution in [-0.4, -0.2) is 24.0 Å². The highest BCUT2D eigenvalue weighted by molar-refractivity contribution is 5.93. The molecule has 3 N–H and O–H groups in total. The van der Waals surface area contributed by atoms with E-state index >= 15 is 0 Å². The van der Waals surface area contributed by atoms with Gasteiger partial charge in [0.1, 0.15) is 0 Å². The van der Waals surface area contributed by atoms with Gasteiger partial charge in [0.15, 0.2) is 0 Å². The molecule has 4 nitrogen and oxygen atoms in total. The number of rotatable bonds is 6. The molecule has 0 saturated carbocycles. The molecule has 0 aliphatic carbocycles. The SMILES string of the molecule is CCC(C)c1ccc(C(=O)NCCCN)cn1. The average molecular weight is 235 g/mol. The van der Waals surface area contributed by atoms with Crippen LogP contribution in [0.25, 0.3) is 0 Å². The summed E-state index contributed by atoms with van der Waals surface area (Å²) in [6.07, 6.45) is 3.48. The Morgan fingerprint density at radius 1 is 1.53 bits per heavy atom. The standard InChI is InChI=1S/C13H21N3O/c1-3-10(2)12-6-5-11(9-16-12)13(17)15-8-4-7-14/h5-6,9-10H,3-4,7-8,14H2,1-2H3,(H,15,17). The van der Waals surface area contributed by atoms with E-state index in [2.05, 4.69) is 24.1 Å². The van der Waals surface area contributed by atoms with E-state index in [1.807, 2.05) is 12.1 Å². The van der Waals surface area contributed by atoms with Crippen molar-refractivity contribution in [3.05, 3.63) is 29.6 Å². The summed E-state index contributed by atoms with van der Waals surface area (Å²) < 4.78 is 0. The second-order valence-electron chi connectivity index (χ2n) is 4.18. The van der Waals surface area contributed by atoms with Crippen LogP contribution in [-0.2, 0) is 0 Å². The fourth-order valence-corrected chi connectivity index (χ4v) is 1.45. The predicted octanol–water partition coefficient (Wildman–Crippen LogP) is 1.67. The molecule has 0 aromatic carbocycles. The van der Waals surface area contributed by atoms with E-state index in [-0.39, 0.29) is 5.91 Å². The number of nitrogens with two attached hydrogens (primary N) is 1. The van der Waals surface area contributed by atoms with E-state index in [0.29, 0.717) is 24.6 Å². The van der Waals surface area contributed by atoms with Gasteiger partial charge in [-0.15, -0.1) is 0 Å². The topological polar surface area (TPSA) is 68.0 Å². The van der Waals surface area contributed by atoms with Gasteiger partial charge in [0.25, 0.3) is 5.91 Å². The summed E-state index contributed by atoms with van der Waals surface area (Å²) >= 11 is 0. The van der Waals surface area contributed by atoms with Crippen LogP contribution in [0.4, 0.5) is 0 Å². The fourth-order valence-electron chi connectivity index (χ4n) is 1.45. The molecule has 0 radical (unpaired) electrons. The van der Waals surface area contributed by atoms with Gasteiger partial charge in [-0.1, -0.05) is 13.8 Å². The molecule has 0 saturated heterocycles. The van der Waals surface area contributed by atoms with Crippen LogP contribution in [0, 0.1) is 0 Å². The Labute approximate surface area is 103 Å². The van der Waals surface area contributed by atoms with Gasteiger partial charge in [0.2, 0.25) is 0 Å². The number of hydrogen-bond donors (Lipinski definition) is 2. The van der Waals surface area contributed by atoms with Gasteiger partial charge >= 0.3 is 0 Å². The Morgan fingerprint density at radius 2 is 2.29 bits per heavy atom. The van der Waals surface area contributed by atoms with Crippen LogP contribution < -0.4 is 11.1 Å². The number of nitrogens with one attached hydrogen (secondary N) is 1. The molecule has 4 heteroatoms. The number of carbonyl (C=O) groups excluding carboxylic acids is 1. The summed E-state index contributed by atoms with van der Waals surface area (Å²) in [6.45, 7) is 5.46. The fraction of sp³-hybridized carbons (Fsp3) is 0.538. The van der Waals surface area contributed by atoms with E-state index in [1.165, 1.54) is 0 Å². The Morgan fingerprint density at radius 3 is 2.82 bits per heavy atom. The summed E-state index contributed by atoms with van der Waals surface area (Å²) in [5.74, 6) is 0.353. The minimum atomic E-state index is -0.0818. The molecular weight excluding hydrogens is 214 g/mol. The van der Waals surface area contributed by atoms with Gasteiger partial charge in [-0.3, -0.25) is 9.78 Å². The van der Waals surface area contributed by atoms with Gasteiger partial charge in [-0.05, 0) is 37.4 Å². The predicted molar refractivity (Wildman–Crippen MR) is 68.9 cm³/mol. The maximum atomic E-state index is 11.7. The van der Waals surface area contributed by atoms with Gasteiger partial charge in [0, 0.05) is 18.4 Å². The first-order valence-electron chi connectivity index (χ1n) is 6.13. The van der Waals surface area contributed by atoms with Crippen molar-refractivity contribution >= 4 is 5.91 Å². The van der Waals surface area contributed by atoms with Crippen molar-refractivity contribution in [3.8, 4) is 0 Å². The highest BCUT2D eigenvalue weighted by Crippen LogP contribution is 2.15. The van der Waals surface area contributed by atoms with Crippen molar-refractivity contribution in [2.45, 2.75) is 32.6 Å². The van der Waals surface area contributed by atoms with Crippen molar-refractivity contribution in [1.29, 1.82) is 0 Å². The molecule has 0 bridgehead atoms. The summed E-state index contributed by atoms with van der Waals surface area (Å²) in [5.41, 5.74) is 7.00. The normalized spacial score (nSPS) is 12.2. The molecule has 1 rings (SSSR count). The molecule has 1 aromatic heterocycles. The van der Waals surface area contributed by atoms with Gasteiger partial charge in [-0.2, -0.15) is 0 Å². The maximum absolute atomic E-state index is 11.7. The largest absolute Gasteiger partial charge is 0.352 e. The van der Waals surface area contributed by atoms with E-state index in [1.54, 1.807) is 6.20 Å². The Balaban J connectivity index is 2.58. The molecular formula is C13H21N3O. The average Bonchev–Trinajstić information content (AvgIpc) is 2.38. The molecule has 1 heterocycles. The number of carbonyl (C=O) groups is 1. The lowest BCUT2D eigenvalue weighted by molar-refractivity contribution is 0.0953. The lowest BCUT2D eigenvalue weighted by Gasteiger charge is -2.08. The lowest BCUT2D eigenvalue weighted by Crippen LogP contribution is -2.26. The molecule has 0 fully saturated rings. The minimum Gasteiger partial charge on any atom is -0.352 e. The second kappa shape index (κ2) is 7.01. The number of nitrogens with zero attached hydrogens (tertiary/aromatic N) is 1. The van der Waals surface area contributed by atoms with Gasteiger partial charge in [0.05, 0.1) is 5.56 Å². The van der Waals surface area contributed by atoms with Crippen LogP contribution in [0.3, 0.4) is 0 Å². The Kier molecular flexibility index (Phi) is 5.63. The van der Waals surface area contributed by atoms with Crippen LogP contribution in [0.1, 0.15) is 48.7 Å². The van der Waals surface area contributed by atoms with Crippen molar-refractivity contribution < 1.29 is 4.79 Å². The third-order valence-electron chi connectivity index (χ3n) is 2.83. The zero-order valence-corrected chi connectivity index (χ0v) is 10.6. The highest BCUT2D eigenvalue weighted by Gasteiger charge is 2.08. The number of aromatic nitrogens is 1. The summed E-state index contributed by atoms with van der Waals surface area (Å²) in [4.78, 5) is 16.0. The smallest absolute Gasteiger partial charge is 0.252 e. The molecule has 1 unspecified atom stereocenters. The Bertz CT molecular complexity index is 348. The van der Waals surface area contributed by atoms with Gasteiger partial charge in [-0.25, -0.2) is 0 Å². The first-order valence-corrected chi connectivity index (χ1v) is 6.13. The molecule has 17 heavy (non-hydrogen) atoms. The second-order valence-corrected chi connectivity index (χ2v) is 4.18. The zero-order valence-electron chi connectivity index (χ0n) is 10.6. The third kappa shape index (κ3) is 4.15. The van der Waals surface area contributed by atoms with Crippen molar-refractivity contribution in [1.82, 2.24) is 10.3 Å². The van der Waals surface area contributed by atoms with E-state index in [0.717, 1.165) is 18.5 Å². The monoisotopic (exact) mass is 235 g/mol. The van der Waals surface area contributed by atoms with Crippen LogP contribution >= 0.6 is 0 Å². The number of hydrogen-bond acceptors (Lipinski definition) is 3. The summed E-state index contributed by atoms with van der Waals surface area (Å²) in [6, 6.07) is 3.75. The van der Waals surface area contributed by atoms with Crippen molar-refractivity contribution in [2.75, 3.05) is 13.1 Å². The molecule has 94 valence electrons. The van der Waals surface area contributed by atoms with Crippen LogP contribution in [0.2, 0.25) is 0 Å². The highest BCUT2D eigenvalue weighted by atomic mass is 16.1. The Hall–Kier alpha value is -1.42. The molecule has 1 atom stereocenters. The number of amides is 1. The molecule has 0 aliphatic rings. The lowest BCUT2D eigenvalue weighted by atomic mass is 10.0. The maximum Gasteiger partial charge on any atom is 0.252 e. The first-order chi connectivity index (χ1) is 8.19. The van der Waals surface area contributed by atoms with Crippen LogP contribution in [0.15, 0.2) is 18.3 Å². The van der Waals surface area contributed by atoms with Gasteiger partial charge < -0.3 is 11.1 Å². The minimum absolute atomic E-state index is 0.0818. The summed E-state index contributed by atoms with van der Waals surface area (Å²) in [7, 11) is 0. The molecule has 0 spiro atoms. The molecule has 1 aromatic rings. The molecule has 0 aliphatic heterocycles. The van der Waals surface area contributed by atoms with E-state index in [9.17, 15) is 4.79 Å². The van der Waals surface area contributed by atoms with Crippen molar-refractivity contribution in [3.63, 3.8) is 0 Å². The number of pyridine rings is 1. The first kappa shape index (κ1) is 13.6. The quantitative estimate of drug-likeness (QED) is 0.737.